The van der Waals surface area contributed by atoms with Crippen LogP contribution in [-0.2, 0) is 17.8 Å². The van der Waals surface area contributed by atoms with Crippen LogP contribution in [0.4, 0.5) is 5.69 Å². The van der Waals surface area contributed by atoms with E-state index in [4.69, 9.17) is 0 Å². The number of benzene rings is 1. The Labute approximate surface area is 139 Å². The second kappa shape index (κ2) is 7.44. The molecule has 0 spiro atoms. The molecule has 0 aliphatic carbocycles. The highest BCUT2D eigenvalue weighted by molar-refractivity contribution is 5.94. The summed E-state index contributed by atoms with van der Waals surface area (Å²) in [4.78, 5) is 14.6. The third-order valence-electron chi connectivity index (χ3n) is 4.08. The molecule has 0 bridgehead atoms. The van der Waals surface area contributed by atoms with Crippen LogP contribution in [0.3, 0.4) is 0 Å². The SMILES string of the molecule is CCN(C(=O)Cc1c(C)nn(CC(C)C)c1C)c1ccccc1. The quantitative estimate of drug-likeness (QED) is 0.814. The van der Waals surface area contributed by atoms with E-state index in [1.807, 2.05) is 53.8 Å². The number of aryl methyl sites for hydroxylation is 1. The van der Waals surface area contributed by atoms with Gasteiger partial charge in [0.1, 0.15) is 0 Å². The Morgan fingerprint density at radius 1 is 1.22 bits per heavy atom. The Morgan fingerprint density at radius 3 is 2.43 bits per heavy atom. The number of hydrogen-bond acceptors (Lipinski definition) is 2. The normalized spacial score (nSPS) is 11.0. The third kappa shape index (κ3) is 4.01. The zero-order valence-electron chi connectivity index (χ0n) is 14.8. The molecule has 0 atom stereocenters. The van der Waals surface area contributed by atoms with E-state index in [1.54, 1.807) is 0 Å². The highest BCUT2D eigenvalue weighted by atomic mass is 16.2. The second-order valence-electron chi connectivity index (χ2n) is 6.38. The number of carbonyl (C=O) groups excluding carboxylic acids is 1. The zero-order valence-corrected chi connectivity index (χ0v) is 14.8. The van der Waals surface area contributed by atoms with Gasteiger partial charge in [-0.3, -0.25) is 9.48 Å². The van der Waals surface area contributed by atoms with Crippen molar-refractivity contribution in [1.82, 2.24) is 9.78 Å². The molecule has 1 aromatic heterocycles. The van der Waals surface area contributed by atoms with E-state index in [0.717, 1.165) is 29.2 Å². The summed E-state index contributed by atoms with van der Waals surface area (Å²) in [6.07, 6.45) is 0.401. The van der Waals surface area contributed by atoms with E-state index in [1.165, 1.54) is 0 Å². The van der Waals surface area contributed by atoms with Gasteiger partial charge in [0.05, 0.1) is 12.1 Å². The minimum atomic E-state index is 0.119. The minimum Gasteiger partial charge on any atom is -0.312 e. The van der Waals surface area contributed by atoms with Crippen LogP contribution in [0.5, 0.6) is 0 Å². The van der Waals surface area contributed by atoms with Crippen molar-refractivity contribution in [3.63, 3.8) is 0 Å². The van der Waals surface area contributed by atoms with E-state index >= 15 is 0 Å². The summed E-state index contributed by atoms with van der Waals surface area (Å²) in [6.45, 7) is 12.0. The van der Waals surface area contributed by atoms with Gasteiger partial charge in [0, 0.05) is 30.0 Å². The van der Waals surface area contributed by atoms with Gasteiger partial charge in [-0.05, 0) is 38.8 Å². The minimum absolute atomic E-state index is 0.119. The molecule has 1 heterocycles. The molecule has 1 aromatic carbocycles. The predicted octanol–water partition coefficient (Wildman–Crippen LogP) is 3.75. The van der Waals surface area contributed by atoms with E-state index in [2.05, 4.69) is 25.9 Å². The van der Waals surface area contributed by atoms with Crippen molar-refractivity contribution in [1.29, 1.82) is 0 Å². The lowest BCUT2D eigenvalue weighted by Gasteiger charge is -2.21. The molecule has 0 aliphatic heterocycles. The van der Waals surface area contributed by atoms with Gasteiger partial charge < -0.3 is 4.90 Å². The Hall–Kier alpha value is -2.10. The summed E-state index contributed by atoms with van der Waals surface area (Å²) in [5.41, 5.74) is 4.07. The molecule has 4 heteroatoms. The fourth-order valence-corrected chi connectivity index (χ4v) is 2.87. The van der Waals surface area contributed by atoms with E-state index in [9.17, 15) is 4.79 Å². The lowest BCUT2D eigenvalue weighted by atomic mass is 10.1. The molecule has 1 amide bonds. The fraction of sp³-hybridized carbons (Fsp3) is 0.474. The first-order valence-electron chi connectivity index (χ1n) is 8.32. The fourth-order valence-electron chi connectivity index (χ4n) is 2.87. The first-order chi connectivity index (χ1) is 10.9. The Morgan fingerprint density at radius 2 is 1.87 bits per heavy atom. The number of amides is 1. The van der Waals surface area contributed by atoms with Crippen molar-refractivity contribution < 1.29 is 4.79 Å². The third-order valence-corrected chi connectivity index (χ3v) is 4.08. The molecular formula is C19H27N3O. The number of carbonyl (C=O) groups is 1. The molecule has 23 heavy (non-hydrogen) atoms. The molecule has 124 valence electrons. The number of nitrogens with zero attached hydrogens (tertiary/aromatic N) is 3. The molecule has 0 fully saturated rings. The molecule has 0 unspecified atom stereocenters. The van der Waals surface area contributed by atoms with Crippen LogP contribution in [0.1, 0.15) is 37.7 Å². The maximum Gasteiger partial charge on any atom is 0.231 e. The average Bonchev–Trinajstić information content (AvgIpc) is 2.76. The van der Waals surface area contributed by atoms with Gasteiger partial charge in [-0.2, -0.15) is 5.10 Å². The number of aromatic nitrogens is 2. The van der Waals surface area contributed by atoms with Crippen LogP contribution in [0.25, 0.3) is 0 Å². The van der Waals surface area contributed by atoms with Crippen LogP contribution in [0.15, 0.2) is 30.3 Å². The Bertz CT molecular complexity index is 659. The van der Waals surface area contributed by atoms with Gasteiger partial charge in [-0.15, -0.1) is 0 Å². The van der Waals surface area contributed by atoms with Gasteiger partial charge in [-0.25, -0.2) is 0 Å². The van der Waals surface area contributed by atoms with Crippen molar-refractivity contribution in [2.24, 2.45) is 5.92 Å². The average molecular weight is 313 g/mol. The smallest absolute Gasteiger partial charge is 0.231 e. The summed E-state index contributed by atoms with van der Waals surface area (Å²) in [5.74, 6) is 0.655. The van der Waals surface area contributed by atoms with Crippen molar-refractivity contribution >= 4 is 11.6 Å². The van der Waals surface area contributed by atoms with Crippen molar-refractivity contribution in [2.45, 2.75) is 47.6 Å². The Kier molecular flexibility index (Phi) is 5.59. The summed E-state index contributed by atoms with van der Waals surface area (Å²) < 4.78 is 2.03. The molecular weight excluding hydrogens is 286 g/mol. The van der Waals surface area contributed by atoms with Crippen molar-refractivity contribution in [2.75, 3.05) is 11.4 Å². The number of anilines is 1. The monoisotopic (exact) mass is 313 g/mol. The molecule has 0 saturated heterocycles. The number of rotatable bonds is 6. The molecule has 4 nitrogen and oxygen atoms in total. The van der Waals surface area contributed by atoms with Crippen LogP contribution in [-0.4, -0.2) is 22.2 Å². The number of likely N-dealkylation sites (N-methyl/N-ethyl adjacent to an activating group) is 1. The highest BCUT2D eigenvalue weighted by Gasteiger charge is 2.19. The topological polar surface area (TPSA) is 38.1 Å². The summed E-state index contributed by atoms with van der Waals surface area (Å²) >= 11 is 0. The van der Waals surface area contributed by atoms with Gasteiger partial charge in [0.15, 0.2) is 0 Å². The van der Waals surface area contributed by atoms with Gasteiger partial charge in [0.2, 0.25) is 5.91 Å². The van der Waals surface area contributed by atoms with Crippen LogP contribution >= 0.6 is 0 Å². The molecule has 0 N–H and O–H groups in total. The van der Waals surface area contributed by atoms with E-state index < -0.39 is 0 Å². The van der Waals surface area contributed by atoms with Crippen LogP contribution < -0.4 is 4.90 Å². The molecule has 2 aromatic rings. The second-order valence-corrected chi connectivity index (χ2v) is 6.38. The van der Waals surface area contributed by atoms with Crippen LogP contribution in [0, 0.1) is 19.8 Å². The first kappa shape index (κ1) is 17.3. The van der Waals surface area contributed by atoms with Crippen molar-refractivity contribution in [3.8, 4) is 0 Å². The maximum absolute atomic E-state index is 12.8. The van der Waals surface area contributed by atoms with E-state index in [-0.39, 0.29) is 5.91 Å². The lowest BCUT2D eigenvalue weighted by Crippen LogP contribution is -2.32. The number of hydrogen-bond donors (Lipinski definition) is 0. The Balaban J connectivity index is 2.21. The predicted molar refractivity (Wildman–Crippen MR) is 94.7 cm³/mol. The summed E-state index contributed by atoms with van der Waals surface area (Å²) in [7, 11) is 0. The van der Waals surface area contributed by atoms with Gasteiger partial charge in [0.25, 0.3) is 0 Å². The maximum atomic E-state index is 12.8. The number of para-hydroxylation sites is 1. The van der Waals surface area contributed by atoms with Gasteiger partial charge in [-0.1, -0.05) is 32.0 Å². The molecule has 0 radical (unpaired) electrons. The largest absolute Gasteiger partial charge is 0.312 e. The summed E-state index contributed by atoms with van der Waals surface area (Å²) in [6, 6.07) is 9.84. The van der Waals surface area contributed by atoms with Crippen LogP contribution in [0.2, 0.25) is 0 Å². The summed E-state index contributed by atoms with van der Waals surface area (Å²) in [5, 5.41) is 4.61. The first-order valence-corrected chi connectivity index (χ1v) is 8.32. The molecule has 2 rings (SSSR count). The van der Waals surface area contributed by atoms with Crippen molar-refractivity contribution in [3.05, 3.63) is 47.3 Å². The lowest BCUT2D eigenvalue weighted by molar-refractivity contribution is -0.117. The van der Waals surface area contributed by atoms with E-state index in [0.29, 0.717) is 18.9 Å². The zero-order chi connectivity index (χ0) is 17.0. The van der Waals surface area contributed by atoms with Gasteiger partial charge >= 0.3 is 0 Å². The molecule has 0 saturated carbocycles. The standard InChI is InChI=1S/C19H27N3O/c1-6-21(17-10-8-7-9-11-17)19(23)12-18-15(4)20-22(16(18)5)13-14(2)3/h7-11,14H,6,12-13H2,1-5H3. The molecule has 0 aliphatic rings. The highest BCUT2D eigenvalue weighted by Crippen LogP contribution is 2.19.